The summed E-state index contributed by atoms with van der Waals surface area (Å²) in [6.45, 7) is 7.37. The summed E-state index contributed by atoms with van der Waals surface area (Å²) >= 11 is 0. The first-order chi connectivity index (χ1) is 16.1. The van der Waals surface area contributed by atoms with E-state index < -0.39 is 17.7 Å². The lowest BCUT2D eigenvalue weighted by Gasteiger charge is -2.19. The van der Waals surface area contributed by atoms with Gasteiger partial charge in [0.25, 0.3) is 0 Å². The second-order valence-electron chi connectivity index (χ2n) is 8.60. The highest BCUT2D eigenvalue weighted by molar-refractivity contribution is 5.94. The standard InChI is InChI=1S/C29H25NO4/c1-20-8-10-21(11-9-20)12-16-23-6-5-7-24(26(23)27(31)32)17-13-22-14-18-25(19-15-22)30-28(33)34-29(2,3)4/h5-11,14-15,18-19H,1-4H3,(H,30,33)(H,31,32). The van der Waals surface area contributed by atoms with E-state index in [1.54, 1.807) is 63.2 Å². The number of nitrogens with one attached hydrogen (secondary N) is 1. The number of anilines is 1. The van der Waals surface area contributed by atoms with Crippen LogP contribution in [0.1, 0.15) is 58.9 Å². The van der Waals surface area contributed by atoms with Gasteiger partial charge in [-0.25, -0.2) is 9.59 Å². The lowest BCUT2D eigenvalue weighted by atomic mass is 10.0. The summed E-state index contributed by atoms with van der Waals surface area (Å²) in [4.78, 5) is 23.9. The number of hydrogen-bond donors (Lipinski definition) is 2. The number of aromatic carboxylic acids is 1. The second kappa shape index (κ2) is 10.4. The number of benzene rings is 3. The predicted octanol–water partition coefficient (Wildman–Crippen LogP) is 5.84. The third kappa shape index (κ3) is 7.02. The van der Waals surface area contributed by atoms with E-state index in [0.717, 1.165) is 11.1 Å². The fourth-order valence-electron chi connectivity index (χ4n) is 2.97. The Hall–Kier alpha value is -4.48. The molecule has 0 aliphatic carbocycles. The van der Waals surface area contributed by atoms with Gasteiger partial charge >= 0.3 is 12.1 Å². The van der Waals surface area contributed by atoms with Crippen LogP contribution < -0.4 is 5.32 Å². The summed E-state index contributed by atoms with van der Waals surface area (Å²) in [6.07, 6.45) is -0.541. The Morgan fingerprint density at radius 3 is 1.76 bits per heavy atom. The number of carbonyl (C=O) groups is 2. The number of ether oxygens (including phenoxy) is 1. The van der Waals surface area contributed by atoms with E-state index in [4.69, 9.17) is 4.74 Å². The van der Waals surface area contributed by atoms with Crippen molar-refractivity contribution < 1.29 is 19.4 Å². The summed E-state index contributed by atoms with van der Waals surface area (Å²) in [5.74, 6) is 10.8. The molecule has 170 valence electrons. The molecule has 0 bridgehead atoms. The molecule has 0 fully saturated rings. The smallest absolute Gasteiger partial charge is 0.412 e. The van der Waals surface area contributed by atoms with Crippen LogP contribution >= 0.6 is 0 Å². The van der Waals surface area contributed by atoms with Crippen LogP contribution in [0.4, 0.5) is 10.5 Å². The van der Waals surface area contributed by atoms with E-state index in [1.165, 1.54) is 0 Å². The van der Waals surface area contributed by atoms with Gasteiger partial charge in [-0.3, -0.25) is 5.32 Å². The molecule has 0 atom stereocenters. The Bertz CT molecular complexity index is 1320. The lowest BCUT2D eigenvalue weighted by Crippen LogP contribution is -2.27. The molecule has 3 aromatic carbocycles. The molecule has 5 heteroatoms. The zero-order chi connectivity index (χ0) is 24.7. The lowest BCUT2D eigenvalue weighted by molar-refractivity contribution is 0.0634. The Morgan fingerprint density at radius 2 is 1.29 bits per heavy atom. The first-order valence-corrected chi connectivity index (χ1v) is 10.7. The van der Waals surface area contributed by atoms with Gasteiger partial charge in [0.05, 0.1) is 5.56 Å². The molecular formula is C29H25NO4. The first-order valence-electron chi connectivity index (χ1n) is 10.7. The zero-order valence-corrected chi connectivity index (χ0v) is 19.5. The molecule has 2 N–H and O–H groups in total. The number of amides is 1. The van der Waals surface area contributed by atoms with Gasteiger partial charge in [0.1, 0.15) is 5.60 Å². The maximum atomic E-state index is 12.0. The first kappa shape index (κ1) is 24.2. The molecule has 0 saturated carbocycles. The van der Waals surface area contributed by atoms with Gasteiger partial charge in [-0.15, -0.1) is 0 Å². The maximum absolute atomic E-state index is 12.0. The van der Waals surface area contributed by atoms with Crippen molar-refractivity contribution in [3.63, 3.8) is 0 Å². The van der Waals surface area contributed by atoms with Gasteiger partial charge in [-0.1, -0.05) is 47.4 Å². The fraction of sp³-hybridized carbons (Fsp3) is 0.172. The predicted molar refractivity (Wildman–Crippen MR) is 133 cm³/mol. The summed E-state index contributed by atoms with van der Waals surface area (Å²) in [6, 6.07) is 19.7. The molecule has 0 spiro atoms. The molecular weight excluding hydrogens is 426 g/mol. The highest BCUT2D eigenvalue weighted by Gasteiger charge is 2.16. The molecule has 5 nitrogen and oxygen atoms in total. The van der Waals surface area contributed by atoms with E-state index in [9.17, 15) is 14.7 Å². The van der Waals surface area contributed by atoms with Crippen LogP contribution in [0.25, 0.3) is 0 Å². The molecule has 3 aromatic rings. The van der Waals surface area contributed by atoms with Crippen LogP contribution in [-0.2, 0) is 4.74 Å². The van der Waals surface area contributed by atoms with Crippen molar-refractivity contribution in [2.75, 3.05) is 5.32 Å². The minimum absolute atomic E-state index is 0.0674. The minimum Gasteiger partial charge on any atom is -0.478 e. The number of carbonyl (C=O) groups excluding carboxylic acids is 1. The molecule has 0 radical (unpaired) electrons. The topological polar surface area (TPSA) is 75.6 Å². The Kier molecular flexibility index (Phi) is 7.41. The van der Waals surface area contributed by atoms with Crippen LogP contribution in [0.15, 0.2) is 66.7 Å². The van der Waals surface area contributed by atoms with E-state index >= 15 is 0 Å². The van der Waals surface area contributed by atoms with Crippen molar-refractivity contribution in [2.24, 2.45) is 0 Å². The van der Waals surface area contributed by atoms with Crippen molar-refractivity contribution in [3.8, 4) is 23.7 Å². The third-order valence-electron chi connectivity index (χ3n) is 4.54. The molecule has 0 aliphatic heterocycles. The van der Waals surface area contributed by atoms with E-state index in [1.807, 2.05) is 31.2 Å². The van der Waals surface area contributed by atoms with Gasteiger partial charge in [0.15, 0.2) is 0 Å². The Morgan fingerprint density at radius 1 is 0.794 bits per heavy atom. The minimum atomic E-state index is -1.09. The van der Waals surface area contributed by atoms with Gasteiger partial charge in [-0.05, 0) is 76.2 Å². The third-order valence-corrected chi connectivity index (χ3v) is 4.54. The largest absolute Gasteiger partial charge is 0.478 e. The Labute approximate surface area is 199 Å². The molecule has 0 aromatic heterocycles. The molecule has 34 heavy (non-hydrogen) atoms. The summed E-state index contributed by atoms with van der Waals surface area (Å²) in [5, 5.41) is 12.4. The van der Waals surface area contributed by atoms with Crippen molar-refractivity contribution in [1.82, 2.24) is 0 Å². The highest BCUT2D eigenvalue weighted by atomic mass is 16.6. The van der Waals surface area contributed by atoms with Crippen LogP contribution in [0.3, 0.4) is 0 Å². The SMILES string of the molecule is Cc1ccc(C#Cc2cccc(C#Cc3ccc(NC(=O)OC(C)(C)C)cc3)c2C(=O)O)cc1. The fourth-order valence-corrected chi connectivity index (χ4v) is 2.97. The van der Waals surface area contributed by atoms with Gasteiger partial charge in [0.2, 0.25) is 0 Å². The van der Waals surface area contributed by atoms with E-state index in [2.05, 4.69) is 29.0 Å². The molecule has 0 aliphatic rings. The molecule has 0 unspecified atom stereocenters. The zero-order valence-electron chi connectivity index (χ0n) is 19.5. The number of carboxylic acids is 1. The van der Waals surface area contributed by atoms with Crippen molar-refractivity contribution in [2.45, 2.75) is 33.3 Å². The van der Waals surface area contributed by atoms with Crippen LogP contribution in [0.5, 0.6) is 0 Å². The number of carboxylic acid groups (broad SMARTS) is 1. The molecule has 0 saturated heterocycles. The van der Waals surface area contributed by atoms with Gasteiger partial charge in [0, 0.05) is 27.9 Å². The number of rotatable bonds is 2. The average molecular weight is 452 g/mol. The summed E-state index contributed by atoms with van der Waals surface area (Å²) < 4.78 is 5.23. The van der Waals surface area contributed by atoms with Crippen LogP contribution in [-0.4, -0.2) is 22.8 Å². The van der Waals surface area contributed by atoms with Crippen LogP contribution in [0, 0.1) is 30.6 Å². The van der Waals surface area contributed by atoms with E-state index in [-0.39, 0.29) is 5.56 Å². The normalized spacial score (nSPS) is 10.2. The molecule has 0 heterocycles. The molecule has 1 amide bonds. The quantitative estimate of drug-likeness (QED) is 0.480. The number of hydrogen-bond acceptors (Lipinski definition) is 3. The van der Waals surface area contributed by atoms with Gasteiger partial charge < -0.3 is 9.84 Å². The van der Waals surface area contributed by atoms with Crippen LogP contribution in [0.2, 0.25) is 0 Å². The Balaban J connectivity index is 1.82. The monoisotopic (exact) mass is 451 g/mol. The van der Waals surface area contributed by atoms with Crippen molar-refractivity contribution >= 4 is 17.7 Å². The van der Waals surface area contributed by atoms with Crippen molar-refractivity contribution in [3.05, 3.63) is 100 Å². The van der Waals surface area contributed by atoms with Gasteiger partial charge in [-0.2, -0.15) is 0 Å². The second-order valence-corrected chi connectivity index (χ2v) is 8.60. The maximum Gasteiger partial charge on any atom is 0.412 e. The highest BCUT2D eigenvalue weighted by Crippen LogP contribution is 2.16. The average Bonchev–Trinajstić information content (AvgIpc) is 2.76. The summed E-state index contributed by atoms with van der Waals surface area (Å²) in [5.41, 5.74) is 3.42. The summed E-state index contributed by atoms with van der Waals surface area (Å²) in [7, 11) is 0. The van der Waals surface area contributed by atoms with E-state index in [0.29, 0.717) is 22.4 Å². The number of aryl methyl sites for hydroxylation is 1. The van der Waals surface area contributed by atoms with Crippen molar-refractivity contribution in [1.29, 1.82) is 0 Å². The molecule has 3 rings (SSSR count).